The van der Waals surface area contributed by atoms with Gasteiger partial charge in [0.25, 0.3) is 5.91 Å². The number of nitrogens with zero attached hydrogens (tertiary/aromatic N) is 1. The second-order valence-corrected chi connectivity index (χ2v) is 4.48. The number of rotatable bonds is 4. The molecule has 2 rings (SSSR count). The largest absolute Gasteiger partial charge is 0.350 e. The number of carbonyl (C=O) groups is 1. The van der Waals surface area contributed by atoms with Crippen molar-refractivity contribution < 1.29 is 4.79 Å². The van der Waals surface area contributed by atoms with E-state index < -0.39 is 0 Å². The second-order valence-electron chi connectivity index (χ2n) is 4.48. The SMILES string of the molecule is Cc1cncc(C(=O)NCC(N)c2ccccc2)c1. The molecule has 0 saturated heterocycles. The van der Waals surface area contributed by atoms with E-state index in [1.54, 1.807) is 18.5 Å². The third-order valence-corrected chi connectivity index (χ3v) is 2.85. The van der Waals surface area contributed by atoms with Gasteiger partial charge in [0.2, 0.25) is 0 Å². The van der Waals surface area contributed by atoms with Gasteiger partial charge in [-0.05, 0) is 24.1 Å². The van der Waals surface area contributed by atoms with Crippen LogP contribution in [0.3, 0.4) is 0 Å². The summed E-state index contributed by atoms with van der Waals surface area (Å²) >= 11 is 0. The zero-order valence-electron chi connectivity index (χ0n) is 10.8. The molecule has 0 spiro atoms. The van der Waals surface area contributed by atoms with Crippen LogP contribution in [0.5, 0.6) is 0 Å². The summed E-state index contributed by atoms with van der Waals surface area (Å²) < 4.78 is 0. The monoisotopic (exact) mass is 255 g/mol. The standard InChI is InChI=1S/C15H17N3O/c1-11-7-13(9-17-8-11)15(19)18-10-14(16)12-5-3-2-4-6-12/h2-9,14H,10,16H2,1H3,(H,18,19). The van der Waals surface area contributed by atoms with Gasteiger partial charge in [-0.15, -0.1) is 0 Å². The molecule has 98 valence electrons. The summed E-state index contributed by atoms with van der Waals surface area (Å²) in [6.07, 6.45) is 3.27. The first kappa shape index (κ1) is 13.2. The number of hydrogen-bond acceptors (Lipinski definition) is 3. The maximum absolute atomic E-state index is 11.9. The molecule has 1 aromatic heterocycles. The molecule has 1 heterocycles. The van der Waals surface area contributed by atoms with E-state index in [-0.39, 0.29) is 11.9 Å². The Morgan fingerprint density at radius 2 is 2.05 bits per heavy atom. The van der Waals surface area contributed by atoms with Gasteiger partial charge in [-0.3, -0.25) is 9.78 Å². The number of benzene rings is 1. The van der Waals surface area contributed by atoms with Crippen LogP contribution in [0.4, 0.5) is 0 Å². The van der Waals surface area contributed by atoms with Crippen molar-refractivity contribution in [1.29, 1.82) is 0 Å². The van der Waals surface area contributed by atoms with E-state index in [1.807, 2.05) is 37.3 Å². The first-order valence-electron chi connectivity index (χ1n) is 6.17. The Bertz CT molecular complexity index is 554. The van der Waals surface area contributed by atoms with Gasteiger partial charge < -0.3 is 11.1 Å². The van der Waals surface area contributed by atoms with Crippen molar-refractivity contribution in [3.8, 4) is 0 Å². The van der Waals surface area contributed by atoms with Crippen molar-refractivity contribution in [2.24, 2.45) is 5.73 Å². The summed E-state index contributed by atoms with van der Waals surface area (Å²) in [6, 6.07) is 11.3. The van der Waals surface area contributed by atoms with E-state index in [2.05, 4.69) is 10.3 Å². The fourth-order valence-corrected chi connectivity index (χ4v) is 1.80. The molecule has 1 amide bonds. The van der Waals surface area contributed by atoms with Crippen LogP contribution in [0.2, 0.25) is 0 Å². The van der Waals surface area contributed by atoms with Crippen molar-refractivity contribution in [3.05, 3.63) is 65.5 Å². The zero-order chi connectivity index (χ0) is 13.7. The number of aryl methyl sites for hydroxylation is 1. The number of hydrogen-bond donors (Lipinski definition) is 2. The zero-order valence-corrected chi connectivity index (χ0v) is 10.8. The first-order chi connectivity index (χ1) is 9.16. The Morgan fingerprint density at radius 1 is 1.32 bits per heavy atom. The molecule has 0 bridgehead atoms. The van der Waals surface area contributed by atoms with Gasteiger partial charge in [0.15, 0.2) is 0 Å². The number of amides is 1. The van der Waals surface area contributed by atoms with Gasteiger partial charge in [0.05, 0.1) is 5.56 Å². The molecule has 3 N–H and O–H groups in total. The van der Waals surface area contributed by atoms with Crippen molar-refractivity contribution >= 4 is 5.91 Å². The molecule has 1 atom stereocenters. The minimum atomic E-state index is -0.206. The molecule has 1 aromatic carbocycles. The average molecular weight is 255 g/mol. The lowest BCUT2D eigenvalue weighted by molar-refractivity contribution is 0.0950. The summed E-state index contributed by atoms with van der Waals surface area (Å²) in [6.45, 7) is 2.30. The van der Waals surface area contributed by atoms with Crippen LogP contribution in [0.25, 0.3) is 0 Å². The minimum Gasteiger partial charge on any atom is -0.350 e. The Kier molecular flexibility index (Phi) is 4.26. The van der Waals surface area contributed by atoms with E-state index in [9.17, 15) is 4.79 Å². The predicted molar refractivity (Wildman–Crippen MR) is 74.7 cm³/mol. The molecule has 19 heavy (non-hydrogen) atoms. The number of nitrogens with one attached hydrogen (secondary N) is 1. The van der Waals surface area contributed by atoms with Crippen molar-refractivity contribution in [3.63, 3.8) is 0 Å². The molecule has 0 radical (unpaired) electrons. The molecule has 0 aliphatic rings. The lowest BCUT2D eigenvalue weighted by atomic mass is 10.1. The third kappa shape index (κ3) is 3.63. The van der Waals surface area contributed by atoms with E-state index in [0.717, 1.165) is 11.1 Å². The maximum atomic E-state index is 11.9. The number of aromatic nitrogens is 1. The van der Waals surface area contributed by atoms with Crippen molar-refractivity contribution in [2.45, 2.75) is 13.0 Å². The fraction of sp³-hybridized carbons (Fsp3) is 0.200. The first-order valence-corrected chi connectivity index (χ1v) is 6.17. The highest BCUT2D eigenvalue weighted by molar-refractivity contribution is 5.94. The molecular weight excluding hydrogens is 238 g/mol. The lowest BCUT2D eigenvalue weighted by Crippen LogP contribution is -2.32. The maximum Gasteiger partial charge on any atom is 0.252 e. The van der Waals surface area contributed by atoms with Crippen molar-refractivity contribution in [2.75, 3.05) is 6.54 Å². The van der Waals surface area contributed by atoms with Gasteiger partial charge >= 0.3 is 0 Å². The summed E-state index contributed by atoms with van der Waals surface area (Å²) in [7, 11) is 0. The Morgan fingerprint density at radius 3 is 2.74 bits per heavy atom. The molecule has 4 heteroatoms. The van der Waals surface area contributed by atoms with Gasteiger partial charge in [-0.1, -0.05) is 30.3 Å². The molecule has 0 aliphatic heterocycles. The number of pyridine rings is 1. The van der Waals surface area contributed by atoms with Crippen LogP contribution >= 0.6 is 0 Å². The van der Waals surface area contributed by atoms with Gasteiger partial charge in [0, 0.05) is 25.0 Å². The molecule has 4 nitrogen and oxygen atoms in total. The smallest absolute Gasteiger partial charge is 0.252 e. The summed E-state index contributed by atoms with van der Waals surface area (Å²) in [5, 5.41) is 2.82. The highest BCUT2D eigenvalue weighted by atomic mass is 16.1. The lowest BCUT2D eigenvalue weighted by Gasteiger charge is -2.13. The number of carbonyl (C=O) groups excluding carboxylic acids is 1. The van der Waals surface area contributed by atoms with E-state index in [4.69, 9.17) is 5.73 Å². The van der Waals surface area contributed by atoms with Crippen LogP contribution < -0.4 is 11.1 Å². The summed E-state index contributed by atoms with van der Waals surface area (Å²) in [5.41, 5.74) is 8.54. The second kappa shape index (κ2) is 6.11. The number of nitrogens with two attached hydrogens (primary N) is 1. The molecule has 2 aromatic rings. The van der Waals surface area contributed by atoms with Crippen LogP contribution in [0, 0.1) is 6.92 Å². The topological polar surface area (TPSA) is 68.0 Å². The third-order valence-electron chi connectivity index (χ3n) is 2.85. The predicted octanol–water partition coefficient (Wildman–Crippen LogP) is 1.82. The van der Waals surface area contributed by atoms with E-state index in [0.29, 0.717) is 12.1 Å². The Hall–Kier alpha value is -2.20. The van der Waals surface area contributed by atoms with Crippen LogP contribution in [-0.4, -0.2) is 17.4 Å². The van der Waals surface area contributed by atoms with E-state index in [1.165, 1.54) is 0 Å². The minimum absolute atomic E-state index is 0.150. The molecule has 0 saturated carbocycles. The van der Waals surface area contributed by atoms with Gasteiger partial charge in [-0.25, -0.2) is 0 Å². The van der Waals surface area contributed by atoms with E-state index >= 15 is 0 Å². The molecule has 0 fully saturated rings. The Labute approximate surface area is 112 Å². The summed E-state index contributed by atoms with van der Waals surface area (Å²) in [4.78, 5) is 15.9. The normalized spacial score (nSPS) is 11.9. The molecular formula is C15H17N3O. The van der Waals surface area contributed by atoms with Gasteiger partial charge in [0.1, 0.15) is 0 Å². The molecule has 0 aliphatic carbocycles. The Balaban J connectivity index is 1.94. The van der Waals surface area contributed by atoms with Crippen LogP contribution in [-0.2, 0) is 0 Å². The van der Waals surface area contributed by atoms with Crippen LogP contribution in [0.1, 0.15) is 27.5 Å². The summed E-state index contributed by atoms with van der Waals surface area (Å²) in [5.74, 6) is -0.150. The van der Waals surface area contributed by atoms with Crippen LogP contribution in [0.15, 0.2) is 48.8 Å². The highest BCUT2D eigenvalue weighted by Crippen LogP contribution is 2.08. The van der Waals surface area contributed by atoms with Gasteiger partial charge in [-0.2, -0.15) is 0 Å². The fourth-order valence-electron chi connectivity index (χ4n) is 1.80. The highest BCUT2D eigenvalue weighted by Gasteiger charge is 2.09. The average Bonchev–Trinajstić information content (AvgIpc) is 2.45. The van der Waals surface area contributed by atoms with Crippen molar-refractivity contribution in [1.82, 2.24) is 10.3 Å². The quantitative estimate of drug-likeness (QED) is 0.875. The molecule has 1 unspecified atom stereocenters.